The molecular formula is C15H22N4O2. The van der Waals surface area contributed by atoms with E-state index in [2.05, 4.69) is 31.1 Å². The van der Waals surface area contributed by atoms with Gasteiger partial charge in [0, 0.05) is 18.0 Å². The van der Waals surface area contributed by atoms with E-state index in [4.69, 9.17) is 15.2 Å². The Morgan fingerprint density at radius 2 is 1.90 bits per heavy atom. The minimum absolute atomic E-state index is 0.147. The van der Waals surface area contributed by atoms with Gasteiger partial charge in [-0.05, 0) is 12.1 Å². The maximum atomic E-state index is 5.79. The number of methoxy groups -OCH3 is 2. The smallest absolute Gasteiger partial charge is 0.144 e. The van der Waals surface area contributed by atoms with Crippen molar-refractivity contribution >= 4 is 0 Å². The largest absolute Gasteiger partial charge is 0.497 e. The van der Waals surface area contributed by atoms with Crippen LogP contribution < -0.4 is 15.2 Å². The fourth-order valence-corrected chi connectivity index (χ4v) is 2.33. The van der Waals surface area contributed by atoms with Crippen LogP contribution >= 0.6 is 0 Å². The zero-order valence-electron chi connectivity index (χ0n) is 13.2. The number of ether oxygens (including phenoxy) is 2. The van der Waals surface area contributed by atoms with E-state index in [0.29, 0.717) is 12.3 Å². The highest BCUT2D eigenvalue weighted by molar-refractivity contribution is 5.52. The van der Waals surface area contributed by atoms with Crippen LogP contribution in [0.3, 0.4) is 0 Å². The minimum atomic E-state index is -0.147. The Hall–Kier alpha value is -2.08. The van der Waals surface area contributed by atoms with Gasteiger partial charge >= 0.3 is 0 Å². The molecule has 0 saturated heterocycles. The standard InChI is InChI=1S/C15H22N4O2/c1-15(2,3)14-11(9-16)17-18-19(14)12-8-10(20-4)6-7-13(12)21-5/h6-8H,9,16H2,1-5H3. The normalized spacial score (nSPS) is 11.5. The molecule has 0 saturated carbocycles. The van der Waals surface area contributed by atoms with Crippen molar-refractivity contribution in [2.45, 2.75) is 32.7 Å². The SMILES string of the molecule is COc1ccc(OC)c(-n2nnc(CN)c2C(C)(C)C)c1. The van der Waals surface area contributed by atoms with E-state index in [1.807, 2.05) is 18.2 Å². The van der Waals surface area contributed by atoms with E-state index in [-0.39, 0.29) is 5.41 Å². The Balaban J connectivity index is 2.69. The van der Waals surface area contributed by atoms with Gasteiger partial charge in [0.25, 0.3) is 0 Å². The van der Waals surface area contributed by atoms with E-state index >= 15 is 0 Å². The Labute approximate surface area is 124 Å². The summed E-state index contributed by atoms with van der Waals surface area (Å²) in [5, 5.41) is 8.46. The molecule has 114 valence electrons. The molecule has 2 rings (SSSR count). The number of hydrogen-bond donors (Lipinski definition) is 1. The topological polar surface area (TPSA) is 75.2 Å². The number of nitrogens with zero attached hydrogens (tertiary/aromatic N) is 3. The van der Waals surface area contributed by atoms with Crippen LogP contribution in [-0.4, -0.2) is 29.2 Å². The number of hydrogen-bond acceptors (Lipinski definition) is 5. The van der Waals surface area contributed by atoms with Crippen LogP contribution in [0.4, 0.5) is 0 Å². The molecular weight excluding hydrogens is 268 g/mol. The van der Waals surface area contributed by atoms with Crippen LogP contribution in [0.25, 0.3) is 5.69 Å². The van der Waals surface area contributed by atoms with Crippen LogP contribution in [0.15, 0.2) is 18.2 Å². The predicted octanol–water partition coefficient (Wildman–Crippen LogP) is 2.04. The summed E-state index contributed by atoms with van der Waals surface area (Å²) in [4.78, 5) is 0. The van der Waals surface area contributed by atoms with Crippen LogP contribution in [0.5, 0.6) is 11.5 Å². The highest BCUT2D eigenvalue weighted by Gasteiger charge is 2.26. The second kappa shape index (κ2) is 5.73. The molecule has 0 amide bonds. The summed E-state index contributed by atoms with van der Waals surface area (Å²) in [6, 6.07) is 5.58. The molecule has 1 heterocycles. The first kappa shape index (κ1) is 15.3. The first-order valence-corrected chi connectivity index (χ1v) is 6.80. The molecule has 6 nitrogen and oxygen atoms in total. The van der Waals surface area contributed by atoms with Crippen molar-refractivity contribution in [1.29, 1.82) is 0 Å². The lowest BCUT2D eigenvalue weighted by Gasteiger charge is -2.22. The first-order chi connectivity index (χ1) is 9.92. The lowest BCUT2D eigenvalue weighted by Crippen LogP contribution is -2.20. The summed E-state index contributed by atoms with van der Waals surface area (Å²) in [5.74, 6) is 1.44. The van der Waals surface area contributed by atoms with Gasteiger partial charge in [-0.2, -0.15) is 0 Å². The molecule has 0 spiro atoms. The predicted molar refractivity (Wildman–Crippen MR) is 81.1 cm³/mol. The molecule has 2 aromatic rings. The molecule has 0 aliphatic heterocycles. The molecule has 0 aliphatic rings. The Bertz CT molecular complexity index is 629. The number of rotatable bonds is 4. The third-order valence-corrected chi connectivity index (χ3v) is 3.26. The van der Waals surface area contributed by atoms with Gasteiger partial charge in [-0.3, -0.25) is 0 Å². The molecule has 0 fully saturated rings. The average molecular weight is 290 g/mol. The third kappa shape index (κ3) is 2.85. The van der Waals surface area contributed by atoms with Gasteiger partial charge in [-0.1, -0.05) is 26.0 Å². The maximum absolute atomic E-state index is 5.79. The van der Waals surface area contributed by atoms with Gasteiger partial charge in [0.2, 0.25) is 0 Å². The lowest BCUT2D eigenvalue weighted by molar-refractivity contribution is 0.398. The summed E-state index contributed by atoms with van der Waals surface area (Å²) in [6.45, 7) is 6.66. The van der Waals surface area contributed by atoms with Crippen molar-refractivity contribution in [1.82, 2.24) is 15.0 Å². The second-order valence-electron chi connectivity index (χ2n) is 5.79. The lowest BCUT2D eigenvalue weighted by atomic mass is 9.90. The zero-order chi connectivity index (χ0) is 15.6. The van der Waals surface area contributed by atoms with Crippen LogP contribution in [0.2, 0.25) is 0 Å². The van der Waals surface area contributed by atoms with Gasteiger partial charge in [-0.25, -0.2) is 4.68 Å². The molecule has 1 aromatic heterocycles. The maximum Gasteiger partial charge on any atom is 0.144 e. The molecule has 1 aromatic carbocycles. The van der Waals surface area contributed by atoms with Gasteiger partial charge in [-0.15, -0.1) is 5.10 Å². The van der Waals surface area contributed by atoms with Gasteiger partial charge in [0.05, 0.1) is 19.9 Å². The number of nitrogens with two attached hydrogens (primary N) is 1. The van der Waals surface area contributed by atoms with Gasteiger partial charge in [0.1, 0.15) is 22.9 Å². The van der Waals surface area contributed by atoms with Crippen molar-refractivity contribution in [3.8, 4) is 17.2 Å². The number of benzene rings is 1. The summed E-state index contributed by atoms with van der Waals surface area (Å²) in [7, 11) is 3.26. The minimum Gasteiger partial charge on any atom is -0.497 e. The fourth-order valence-electron chi connectivity index (χ4n) is 2.33. The molecule has 0 atom stereocenters. The first-order valence-electron chi connectivity index (χ1n) is 6.80. The van der Waals surface area contributed by atoms with Crippen LogP contribution in [0, 0.1) is 0 Å². The van der Waals surface area contributed by atoms with E-state index in [9.17, 15) is 0 Å². The summed E-state index contributed by atoms with van der Waals surface area (Å²) >= 11 is 0. The Kier molecular flexibility index (Phi) is 4.18. The zero-order valence-corrected chi connectivity index (χ0v) is 13.2. The van der Waals surface area contributed by atoms with Crippen molar-refractivity contribution in [3.05, 3.63) is 29.6 Å². The summed E-state index contributed by atoms with van der Waals surface area (Å²) in [5.41, 5.74) is 8.19. The molecule has 21 heavy (non-hydrogen) atoms. The van der Waals surface area contributed by atoms with Crippen molar-refractivity contribution < 1.29 is 9.47 Å². The van der Waals surface area contributed by atoms with Crippen molar-refractivity contribution in [3.63, 3.8) is 0 Å². The van der Waals surface area contributed by atoms with E-state index in [0.717, 1.165) is 22.8 Å². The fraction of sp³-hybridized carbons (Fsp3) is 0.467. The molecule has 0 unspecified atom stereocenters. The molecule has 2 N–H and O–H groups in total. The van der Waals surface area contributed by atoms with Gasteiger partial charge < -0.3 is 15.2 Å². The van der Waals surface area contributed by atoms with E-state index in [1.54, 1.807) is 18.9 Å². The summed E-state index contributed by atoms with van der Waals surface area (Å²) < 4.78 is 12.5. The highest BCUT2D eigenvalue weighted by Crippen LogP contribution is 2.32. The average Bonchev–Trinajstić information content (AvgIpc) is 2.90. The van der Waals surface area contributed by atoms with Gasteiger partial charge in [0.15, 0.2) is 0 Å². The number of aromatic nitrogens is 3. The second-order valence-corrected chi connectivity index (χ2v) is 5.79. The van der Waals surface area contributed by atoms with Crippen molar-refractivity contribution in [2.24, 2.45) is 5.73 Å². The Morgan fingerprint density at radius 3 is 2.43 bits per heavy atom. The summed E-state index contributed by atoms with van der Waals surface area (Å²) in [6.07, 6.45) is 0. The quantitative estimate of drug-likeness (QED) is 0.932. The molecule has 6 heteroatoms. The van der Waals surface area contributed by atoms with Crippen molar-refractivity contribution in [2.75, 3.05) is 14.2 Å². The van der Waals surface area contributed by atoms with Crippen LogP contribution in [0.1, 0.15) is 32.2 Å². The van der Waals surface area contributed by atoms with E-state index < -0.39 is 0 Å². The Morgan fingerprint density at radius 1 is 1.19 bits per heavy atom. The van der Waals surface area contributed by atoms with Crippen LogP contribution in [-0.2, 0) is 12.0 Å². The van der Waals surface area contributed by atoms with E-state index in [1.165, 1.54) is 0 Å². The molecule has 0 radical (unpaired) electrons. The molecule has 0 aliphatic carbocycles. The third-order valence-electron chi connectivity index (χ3n) is 3.26. The highest BCUT2D eigenvalue weighted by atomic mass is 16.5. The monoisotopic (exact) mass is 290 g/mol. The molecule has 0 bridgehead atoms.